The maximum atomic E-state index is 10.9. The molecule has 1 unspecified atom stereocenters. The number of hydrogen-bond acceptors (Lipinski definition) is 4. The van der Waals surface area contributed by atoms with E-state index in [0.29, 0.717) is 6.04 Å². The maximum absolute atomic E-state index is 10.9. The highest BCUT2D eigenvalue weighted by molar-refractivity contribution is 5.34. The highest BCUT2D eigenvalue weighted by Crippen LogP contribution is 2.31. The van der Waals surface area contributed by atoms with Crippen molar-refractivity contribution < 1.29 is 4.92 Å². The molecule has 1 atom stereocenters. The van der Waals surface area contributed by atoms with Crippen molar-refractivity contribution in [2.75, 3.05) is 6.54 Å². The molecule has 2 aromatic rings. The second kappa shape index (κ2) is 6.05. The first-order valence-corrected chi connectivity index (χ1v) is 7.20. The summed E-state index contributed by atoms with van der Waals surface area (Å²) >= 11 is 0. The lowest BCUT2D eigenvalue weighted by Gasteiger charge is -2.35. The van der Waals surface area contributed by atoms with E-state index in [-0.39, 0.29) is 10.6 Å². The third-order valence-corrected chi connectivity index (χ3v) is 4.02. The normalized spacial score (nSPS) is 19.5. The number of H-pyrrole nitrogens is 1. The van der Waals surface area contributed by atoms with Gasteiger partial charge in [0.1, 0.15) is 0 Å². The molecule has 3 rings (SSSR count). The van der Waals surface area contributed by atoms with Crippen LogP contribution in [0.3, 0.4) is 0 Å². The quantitative estimate of drug-likeness (QED) is 0.692. The molecule has 0 aliphatic carbocycles. The van der Waals surface area contributed by atoms with Gasteiger partial charge in [-0.25, -0.2) is 0 Å². The minimum atomic E-state index is -0.340. The van der Waals surface area contributed by atoms with Gasteiger partial charge in [0, 0.05) is 36.5 Å². The van der Waals surface area contributed by atoms with Gasteiger partial charge in [0.25, 0.3) is 5.69 Å². The largest absolute Gasteiger partial charge is 0.292 e. The minimum Gasteiger partial charge on any atom is -0.292 e. The lowest BCUT2D eigenvalue weighted by molar-refractivity contribution is -0.384. The fraction of sp³-hybridized carbons (Fsp3) is 0.400. The molecule has 0 radical (unpaired) electrons. The lowest BCUT2D eigenvalue weighted by atomic mass is 9.97. The van der Waals surface area contributed by atoms with Gasteiger partial charge in [-0.15, -0.1) is 0 Å². The Morgan fingerprint density at radius 3 is 3.10 bits per heavy atom. The zero-order valence-electron chi connectivity index (χ0n) is 11.7. The Bertz CT molecular complexity index is 612. The van der Waals surface area contributed by atoms with E-state index in [1.165, 1.54) is 24.5 Å². The molecule has 0 spiro atoms. The monoisotopic (exact) mass is 286 g/mol. The topological polar surface area (TPSA) is 75.1 Å². The van der Waals surface area contributed by atoms with Crippen LogP contribution in [-0.4, -0.2) is 26.6 Å². The second-order valence-corrected chi connectivity index (χ2v) is 5.44. The molecule has 1 aromatic heterocycles. The summed E-state index contributed by atoms with van der Waals surface area (Å²) in [6, 6.07) is 7.25. The molecule has 0 amide bonds. The summed E-state index contributed by atoms with van der Waals surface area (Å²) in [6.07, 6.45) is 7.30. The van der Waals surface area contributed by atoms with E-state index in [1.807, 2.05) is 18.5 Å². The zero-order valence-corrected chi connectivity index (χ0v) is 11.7. The average Bonchev–Trinajstić information content (AvgIpc) is 3.02. The van der Waals surface area contributed by atoms with Gasteiger partial charge in [-0.2, -0.15) is 5.10 Å². The van der Waals surface area contributed by atoms with Crippen molar-refractivity contribution in [3.05, 3.63) is 57.9 Å². The van der Waals surface area contributed by atoms with E-state index in [1.54, 1.807) is 12.1 Å². The molecule has 1 N–H and O–H groups in total. The molecule has 1 aromatic carbocycles. The summed E-state index contributed by atoms with van der Waals surface area (Å²) < 4.78 is 0. The van der Waals surface area contributed by atoms with Gasteiger partial charge in [0.15, 0.2) is 0 Å². The van der Waals surface area contributed by atoms with Crippen molar-refractivity contribution >= 4 is 5.69 Å². The highest BCUT2D eigenvalue weighted by atomic mass is 16.6. The second-order valence-electron chi connectivity index (χ2n) is 5.44. The summed E-state index contributed by atoms with van der Waals surface area (Å²) in [4.78, 5) is 12.9. The number of likely N-dealkylation sites (tertiary alicyclic amines) is 1. The highest BCUT2D eigenvalue weighted by Gasteiger charge is 2.24. The molecule has 110 valence electrons. The molecule has 1 aliphatic rings. The van der Waals surface area contributed by atoms with Gasteiger partial charge in [-0.05, 0) is 24.9 Å². The Morgan fingerprint density at radius 2 is 2.33 bits per heavy atom. The van der Waals surface area contributed by atoms with Crippen LogP contribution in [0.1, 0.15) is 36.4 Å². The van der Waals surface area contributed by atoms with Crippen LogP contribution in [0.25, 0.3) is 0 Å². The smallest absolute Gasteiger partial charge is 0.269 e. The number of nitrogens with one attached hydrogen (secondary N) is 1. The fourth-order valence-corrected chi connectivity index (χ4v) is 3.00. The van der Waals surface area contributed by atoms with Crippen LogP contribution in [-0.2, 0) is 6.54 Å². The predicted molar refractivity (Wildman–Crippen MR) is 78.7 cm³/mol. The number of aromatic amines is 1. The van der Waals surface area contributed by atoms with Crippen LogP contribution >= 0.6 is 0 Å². The fourth-order valence-electron chi connectivity index (χ4n) is 3.00. The van der Waals surface area contributed by atoms with E-state index < -0.39 is 0 Å². The number of nitro groups is 1. The Balaban J connectivity index is 1.78. The molecular weight excluding hydrogens is 268 g/mol. The molecule has 0 bridgehead atoms. The first-order chi connectivity index (χ1) is 10.2. The SMILES string of the molecule is O=[N+]([O-])c1cccc(CN2CCCCC2c2cn[nH]c2)c1. The molecule has 6 nitrogen and oxygen atoms in total. The molecule has 2 heterocycles. The summed E-state index contributed by atoms with van der Waals surface area (Å²) in [6.45, 7) is 1.75. The average molecular weight is 286 g/mol. The maximum Gasteiger partial charge on any atom is 0.269 e. The number of piperidine rings is 1. The molecule has 1 saturated heterocycles. The molecule has 1 fully saturated rings. The van der Waals surface area contributed by atoms with Gasteiger partial charge in [-0.3, -0.25) is 20.1 Å². The van der Waals surface area contributed by atoms with Gasteiger partial charge in [0.05, 0.1) is 11.1 Å². The van der Waals surface area contributed by atoms with Crippen LogP contribution < -0.4 is 0 Å². The Hall–Kier alpha value is -2.21. The van der Waals surface area contributed by atoms with E-state index >= 15 is 0 Å². The number of hydrogen-bond donors (Lipinski definition) is 1. The number of non-ortho nitro benzene ring substituents is 1. The standard InChI is InChI=1S/C15H18N4O2/c20-19(21)14-5-3-4-12(8-14)11-18-7-2-1-6-15(18)13-9-16-17-10-13/h3-5,8-10,15H,1-2,6-7,11H2,(H,16,17). The Labute approximate surface area is 122 Å². The van der Waals surface area contributed by atoms with Crippen LogP contribution in [0, 0.1) is 10.1 Å². The number of benzene rings is 1. The van der Waals surface area contributed by atoms with Crippen LogP contribution in [0.5, 0.6) is 0 Å². The third-order valence-electron chi connectivity index (χ3n) is 4.02. The Morgan fingerprint density at radius 1 is 1.43 bits per heavy atom. The minimum absolute atomic E-state index is 0.157. The number of aromatic nitrogens is 2. The Kier molecular flexibility index (Phi) is 3.96. The van der Waals surface area contributed by atoms with E-state index in [4.69, 9.17) is 0 Å². The van der Waals surface area contributed by atoms with E-state index in [9.17, 15) is 10.1 Å². The zero-order chi connectivity index (χ0) is 14.7. The summed E-state index contributed by atoms with van der Waals surface area (Å²) in [5.74, 6) is 0. The summed E-state index contributed by atoms with van der Waals surface area (Å²) in [5, 5.41) is 17.8. The van der Waals surface area contributed by atoms with E-state index in [2.05, 4.69) is 15.1 Å². The van der Waals surface area contributed by atoms with Gasteiger partial charge < -0.3 is 0 Å². The lowest BCUT2D eigenvalue weighted by Crippen LogP contribution is -2.32. The van der Waals surface area contributed by atoms with Gasteiger partial charge in [-0.1, -0.05) is 18.6 Å². The number of nitrogens with zero attached hydrogens (tertiary/aromatic N) is 3. The predicted octanol–water partition coefficient (Wildman–Crippen LogP) is 3.05. The molecule has 6 heteroatoms. The van der Waals surface area contributed by atoms with Gasteiger partial charge in [0.2, 0.25) is 0 Å². The van der Waals surface area contributed by atoms with Crippen molar-refractivity contribution in [1.82, 2.24) is 15.1 Å². The first kappa shape index (κ1) is 13.8. The van der Waals surface area contributed by atoms with Crippen molar-refractivity contribution in [1.29, 1.82) is 0 Å². The molecule has 21 heavy (non-hydrogen) atoms. The van der Waals surface area contributed by atoms with Crippen molar-refractivity contribution in [3.63, 3.8) is 0 Å². The van der Waals surface area contributed by atoms with Crippen molar-refractivity contribution in [3.8, 4) is 0 Å². The summed E-state index contributed by atoms with van der Waals surface area (Å²) in [7, 11) is 0. The third kappa shape index (κ3) is 3.11. The number of nitro benzene ring substituents is 1. The number of rotatable bonds is 4. The molecular formula is C15H18N4O2. The van der Waals surface area contributed by atoms with Crippen molar-refractivity contribution in [2.24, 2.45) is 0 Å². The van der Waals surface area contributed by atoms with E-state index in [0.717, 1.165) is 25.1 Å². The van der Waals surface area contributed by atoms with Crippen LogP contribution in [0.15, 0.2) is 36.7 Å². The molecule has 1 aliphatic heterocycles. The van der Waals surface area contributed by atoms with Crippen LogP contribution in [0.2, 0.25) is 0 Å². The van der Waals surface area contributed by atoms with Crippen LogP contribution in [0.4, 0.5) is 5.69 Å². The summed E-state index contributed by atoms with van der Waals surface area (Å²) in [5.41, 5.74) is 2.34. The van der Waals surface area contributed by atoms with Crippen molar-refractivity contribution in [2.45, 2.75) is 31.8 Å². The van der Waals surface area contributed by atoms with Gasteiger partial charge >= 0.3 is 0 Å². The molecule has 0 saturated carbocycles. The first-order valence-electron chi connectivity index (χ1n) is 7.20.